The Kier molecular flexibility index (Phi) is 7.71. The summed E-state index contributed by atoms with van der Waals surface area (Å²) < 4.78 is 27.3. The molecule has 37 heavy (non-hydrogen) atoms. The molecular formula is C28H30N2O7. The monoisotopic (exact) mass is 506 g/mol. The van der Waals surface area contributed by atoms with E-state index in [1.165, 1.54) is 14.2 Å². The standard InChI is InChI=1S/C28H30N2O7/c1-17-28(32)30(15-19-6-9-22(33-2)14-25(19)35-4)16-20-12-21(8-11-23(20)37-17)29-27(31)18-7-10-24(34-3)26(13-18)36-5/h6-14,17H,15-16H2,1-5H3,(H,29,31)/t17-/m0/s1. The average Bonchev–Trinajstić information content (AvgIpc) is 3.03. The molecule has 2 amide bonds. The molecule has 0 saturated carbocycles. The summed E-state index contributed by atoms with van der Waals surface area (Å²) in [6, 6.07) is 15.8. The first-order chi connectivity index (χ1) is 17.9. The Morgan fingerprint density at radius 1 is 0.919 bits per heavy atom. The number of benzene rings is 3. The highest BCUT2D eigenvalue weighted by molar-refractivity contribution is 6.04. The van der Waals surface area contributed by atoms with Crippen LogP contribution < -0.4 is 29.0 Å². The maximum absolute atomic E-state index is 13.1. The topological polar surface area (TPSA) is 95.6 Å². The second-order valence-corrected chi connectivity index (χ2v) is 8.48. The molecule has 0 radical (unpaired) electrons. The van der Waals surface area contributed by atoms with E-state index in [9.17, 15) is 9.59 Å². The van der Waals surface area contributed by atoms with Gasteiger partial charge in [0, 0.05) is 41.5 Å². The summed E-state index contributed by atoms with van der Waals surface area (Å²) in [6.45, 7) is 2.34. The molecule has 3 aromatic rings. The van der Waals surface area contributed by atoms with E-state index in [1.54, 1.807) is 62.4 Å². The molecule has 0 aromatic heterocycles. The van der Waals surface area contributed by atoms with Crippen molar-refractivity contribution in [2.75, 3.05) is 33.8 Å². The van der Waals surface area contributed by atoms with Gasteiger partial charge in [0.15, 0.2) is 17.6 Å². The first-order valence-corrected chi connectivity index (χ1v) is 11.7. The van der Waals surface area contributed by atoms with Gasteiger partial charge < -0.3 is 33.9 Å². The fourth-order valence-electron chi connectivity index (χ4n) is 4.18. The van der Waals surface area contributed by atoms with Crippen molar-refractivity contribution in [1.82, 2.24) is 4.90 Å². The van der Waals surface area contributed by atoms with E-state index in [-0.39, 0.29) is 11.8 Å². The highest BCUT2D eigenvalue weighted by Crippen LogP contribution is 2.32. The lowest BCUT2D eigenvalue weighted by atomic mass is 10.1. The van der Waals surface area contributed by atoms with E-state index in [0.717, 1.165) is 11.1 Å². The normalized spacial score (nSPS) is 14.7. The molecule has 0 unspecified atom stereocenters. The minimum absolute atomic E-state index is 0.148. The number of hydrogen-bond donors (Lipinski definition) is 1. The number of nitrogens with one attached hydrogen (secondary N) is 1. The molecule has 194 valence electrons. The highest BCUT2D eigenvalue weighted by Gasteiger charge is 2.29. The van der Waals surface area contributed by atoms with Gasteiger partial charge in [-0.15, -0.1) is 0 Å². The third kappa shape index (κ3) is 5.55. The van der Waals surface area contributed by atoms with Gasteiger partial charge in [-0.05, 0) is 55.5 Å². The molecule has 9 heteroatoms. The van der Waals surface area contributed by atoms with Crippen LogP contribution in [0.2, 0.25) is 0 Å². The lowest BCUT2D eigenvalue weighted by Crippen LogP contribution is -2.37. The van der Waals surface area contributed by atoms with Crippen LogP contribution in [-0.4, -0.2) is 51.3 Å². The summed E-state index contributed by atoms with van der Waals surface area (Å²) in [5, 5.41) is 2.91. The van der Waals surface area contributed by atoms with Crippen molar-refractivity contribution < 1.29 is 33.3 Å². The first kappa shape index (κ1) is 25.7. The van der Waals surface area contributed by atoms with Gasteiger partial charge in [0.1, 0.15) is 17.2 Å². The van der Waals surface area contributed by atoms with Gasteiger partial charge in [0.25, 0.3) is 11.8 Å². The van der Waals surface area contributed by atoms with Crippen LogP contribution in [-0.2, 0) is 17.9 Å². The molecule has 1 aliphatic rings. The Morgan fingerprint density at radius 2 is 1.68 bits per heavy atom. The molecule has 0 bridgehead atoms. The molecule has 1 atom stereocenters. The van der Waals surface area contributed by atoms with Gasteiger partial charge in [0.2, 0.25) is 0 Å². The molecular weight excluding hydrogens is 476 g/mol. The number of anilines is 1. The fraction of sp³-hybridized carbons (Fsp3) is 0.286. The van der Waals surface area contributed by atoms with Crippen LogP contribution in [0.5, 0.6) is 28.7 Å². The second-order valence-electron chi connectivity index (χ2n) is 8.48. The van der Waals surface area contributed by atoms with E-state index in [0.29, 0.717) is 53.1 Å². The molecule has 4 rings (SSSR count). The van der Waals surface area contributed by atoms with Crippen molar-refractivity contribution in [2.24, 2.45) is 0 Å². The van der Waals surface area contributed by atoms with Crippen molar-refractivity contribution in [2.45, 2.75) is 26.1 Å². The third-order valence-electron chi connectivity index (χ3n) is 6.14. The number of carbonyl (C=O) groups excluding carboxylic acids is 2. The number of methoxy groups -OCH3 is 4. The number of fused-ring (bicyclic) bond motifs is 1. The Bertz CT molecular complexity index is 1310. The van der Waals surface area contributed by atoms with Crippen molar-refractivity contribution >= 4 is 17.5 Å². The molecule has 0 spiro atoms. The summed E-state index contributed by atoms with van der Waals surface area (Å²) >= 11 is 0. The molecule has 9 nitrogen and oxygen atoms in total. The number of hydrogen-bond acceptors (Lipinski definition) is 7. The molecule has 0 aliphatic carbocycles. The largest absolute Gasteiger partial charge is 0.497 e. The maximum atomic E-state index is 13.1. The fourth-order valence-corrected chi connectivity index (χ4v) is 4.18. The number of carbonyl (C=O) groups is 2. The van der Waals surface area contributed by atoms with E-state index < -0.39 is 6.10 Å². The highest BCUT2D eigenvalue weighted by atomic mass is 16.5. The molecule has 1 aliphatic heterocycles. The minimum Gasteiger partial charge on any atom is -0.497 e. The quantitative estimate of drug-likeness (QED) is 0.487. The molecule has 0 saturated heterocycles. The SMILES string of the molecule is COc1ccc(CN2Cc3cc(NC(=O)c4ccc(OC)c(OC)c4)ccc3O[C@@H](C)C2=O)c(OC)c1. The van der Waals surface area contributed by atoms with Crippen LogP contribution >= 0.6 is 0 Å². The smallest absolute Gasteiger partial charge is 0.263 e. The maximum Gasteiger partial charge on any atom is 0.263 e. The van der Waals surface area contributed by atoms with Crippen molar-refractivity contribution in [3.8, 4) is 28.7 Å². The van der Waals surface area contributed by atoms with Crippen molar-refractivity contribution in [3.05, 3.63) is 71.3 Å². The summed E-state index contributed by atoms with van der Waals surface area (Å²) in [4.78, 5) is 27.8. The number of amides is 2. The zero-order valence-electron chi connectivity index (χ0n) is 21.5. The number of ether oxygens (including phenoxy) is 5. The van der Waals surface area contributed by atoms with Gasteiger partial charge in [-0.1, -0.05) is 0 Å². The molecule has 3 aromatic carbocycles. The summed E-state index contributed by atoms with van der Waals surface area (Å²) in [7, 11) is 6.22. The molecule has 0 fully saturated rings. The summed E-state index contributed by atoms with van der Waals surface area (Å²) in [5.41, 5.74) is 2.60. The van der Waals surface area contributed by atoms with Crippen LogP contribution in [0.1, 0.15) is 28.4 Å². The second kappa shape index (κ2) is 11.1. The van der Waals surface area contributed by atoms with E-state index >= 15 is 0 Å². The van der Waals surface area contributed by atoms with Gasteiger partial charge in [-0.25, -0.2) is 0 Å². The summed E-state index contributed by atoms with van der Waals surface area (Å²) in [6.07, 6.45) is -0.669. The molecule has 1 heterocycles. The first-order valence-electron chi connectivity index (χ1n) is 11.7. The van der Waals surface area contributed by atoms with E-state index in [1.807, 2.05) is 18.2 Å². The zero-order chi connectivity index (χ0) is 26.5. The predicted octanol–water partition coefficient (Wildman–Crippen LogP) is 4.28. The Labute approximate surface area is 215 Å². The van der Waals surface area contributed by atoms with Gasteiger partial charge >= 0.3 is 0 Å². The lowest BCUT2D eigenvalue weighted by molar-refractivity contribution is -0.138. The number of nitrogens with zero attached hydrogens (tertiary/aromatic N) is 1. The zero-order valence-corrected chi connectivity index (χ0v) is 21.5. The third-order valence-corrected chi connectivity index (χ3v) is 6.14. The van der Waals surface area contributed by atoms with E-state index in [2.05, 4.69) is 5.32 Å². The van der Waals surface area contributed by atoms with Crippen molar-refractivity contribution in [1.29, 1.82) is 0 Å². The van der Waals surface area contributed by atoms with Crippen LogP contribution in [0.25, 0.3) is 0 Å². The van der Waals surface area contributed by atoms with Gasteiger partial charge in [-0.2, -0.15) is 0 Å². The van der Waals surface area contributed by atoms with Crippen LogP contribution in [0.15, 0.2) is 54.6 Å². The summed E-state index contributed by atoms with van der Waals surface area (Å²) in [5.74, 6) is 2.43. The van der Waals surface area contributed by atoms with Crippen LogP contribution in [0.4, 0.5) is 5.69 Å². The Hall–Kier alpha value is -4.40. The van der Waals surface area contributed by atoms with Crippen LogP contribution in [0.3, 0.4) is 0 Å². The number of rotatable bonds is 8. The lowest BCUT2D eigenvalue weighted by Gasteiger charge is -2.23. The van der Waals surface area contributed by atoms with Gasteiger partial charge in [-0.3, -0.25) is 9.59 Å². The van der Waals surface area contributed by atoms with Crippen LogP contribution in [0, 0.1) is 0 Å². The Morgan fingerprint density at radius 3 is 2.38 bits per heavy atom. The predicted molar refractivity (Wildman–Crippen MR) is 138 cm³/mol. The minimum atomic E-state index is -0.669. The van der Waals surface area contributed by atoms with Gasteiger partial charge in [0.05, 0.1) is 28.4 Å². The van der Waals surface area contributed by atoms with Crippen molar-refractivity contribution in [3.63, 3.8) is 0 Å². The molecule has 1 N–H and O–H groups in total. The average molecular weight is 507 g/mol. The Balaban J connectivity index is 1.57. The van der Waals surface area contributed by atoms with E-state index in [4.69, 9.17) is 23.7 Å².